The molecule has 2 N–H and O–H groups in total. The molecule has 1 aromatic heterocycles. The Morgan fingerprint density at radius 1 is 1.37 bits per heavy atom. The Morgan fingerprint density at radius 2 is 2.11 bits per heavy atom. The van der Waals surface area contributed by atoms with E-state index in [1.807, 2.05) is 31.2 Å². The van der Waals surface area contributed by atoms with Crippen molar-refractivity contribution in [2.24, 2.45) is 5.73 Å². The molecule has 0 saturated carbocycles. The summed E-state index contributed by atoms with van der Waals surface area (Å²) in [5, 5.41) is 10.0. The molecule has 0 aliphatic rings. The van der Waals surface area contributed by atoms with E-state index in [1.54, 1.807) is 23.1 Å². The van der Waals surface area contributed by atoms with Gasteiger partial charge in [-0.1, -0.05) is 59.8 Å². The standard InChI is InChI=1S/C13H16ClN3S2/c1-3-11(15)12(9-6-4-5-7-10(9)14)19-13-17-16-8(2)18-13/h4-7,11-12H,3,15H2,1-2H3. The smallest absolute Gasteiger partial charge is 0.174 e. The summed E-state index contributed by atoms with van der Waals surface area (Å²) in [4.78, 5) is 0. The third kappa shape index (κ3) is 3.69. The van der Waals surface area contributed by atoms with Gasteiger partial charge >= 0.3 is 0 Å². The van der Waals surface area contributed by atoms with Crippen LogP contribution in [0.15, 0.2) is 28.6 Å². The van der Waals surface area contributed by atoms with Crippen molar-refractivity contribution < 1.29 is 0 Å². The molecule has 0 bridgehead atoms. The highest BCUT2D eigenvalue weighted by molar-refractivity contribution is 8.01. The van der Waals surface area contributed by atoms with Gasteiger partial charge in [-0.3, -0.25) is 0 Å². The van der Waals surface area contributed by atoms with Crippen LogP contribution in [-0.4, -0.2) is 16.2 Å². The molecule has 2 rings (SSSR count). The molecule has 3 nitrogen and oxygen atoms in total. The van der Waals surface area contributed by atoms with Crippen molar-refractivity contribution in [3.05, 3.63) is 39.9 Å². The Balaban J connectivity index is 2.29. The van der Waals surface area contributed by atoms with E-state index in [4.69, 9.17) is 17.3 Å². The van der Waals surface area contributed by atoms with Gasteiger partial charge in [-0.15, -0.1) is 10.2 Å². The second-order valence-electron chi connectivity index (χ2n) is 4.22. The Labute approximate surface area is 126 Å². The van der Waals surface area contributed by atoms with Gasteiger partial charge in [0.05, 0.1) is 5.25 Å². The Hall–Kier alpha value is -0.620. The second-order valence-corrected chi connectivity index (χ2v) is 7.20. The first-order valence-electron chi connectivity index (χ1n) is 6.08. The number of benzene rings is 1. The molecular formula is C13H16ClN3S2. The monoisotopic (exact) mass is 313 g/mol. The van der Waals surface area contributed by atoms with Gasteiger partial charge < -0.3 is 5.73 Å². The lowest BCUT2D eigenvalue weighted by molar-refractivity contribution is 0.634. The Morgan fingerprint density at radius 3 is 2.68 bits per heavy atom. The number of rotatable bonds is 5. The average Bonchev–Trinajstić information content (AvgIpc) is 2.82. The summed E-state index contributed by atoms with van der Waals surface area (Å²) in [6.45, 7) is 4.03. The van der Waals surface area contributed by atoms with Gasteiger partial charge in [0.1, 0.15) is 5.01 Å². The van der Waals surface area contributed by atoms with Crippen molar-refractivity contribution in [3.63, 3.8) is 0 Å². The zero-order chi connectivity index (χ0) is 13.8. The van der Waals surface area contributed by atoms with Gasteiger partial charge in [-0.05, 0) is 25.0 Å². The first-order valence-corrected chi connectivity index (χ1v) is 8.16. The summed E-state index contributed by atoms with van der Waals surface area (Å²) in [6, 6.07) is 7.89. The molecule has 0 saturated heterocycles. The van der Waals surface area contributed by atoms with Gasteiger partial charge in [0.2, 0.25) is 0 Å². The SMILES string of the molecule is CCC(N)C(Sc1nnc(C)s1)c1ccccc1Cl. The van der Waals surface area contributed by atoms with E-state index in [2.05, 4.69) is 17.1 Å². The van der Waals surface area contributed by atoms with E-state index in [-0.39, 0.29) is 11.3 Å². The molecule has 0 aliphatic carbocycles. The van der Waals surface area contributed by atoms with Crippen molar-refractivity contribution in [3.8, 4) is 0 Å². The molecule has 0 aliphatic heterocycles. The molecule has 2 atom stereocenters. The number of halogens is 1. The lowest BCUT2D eigenvalue weighted by Crippen LogP contribution is -2.25. The maximum atomic E-state index is 6.29. The van der Waals surface area contributed by atoms with Crippen LogP contribution in [0.25, 0.3) is 0 Å². The molecule has 2 unspecified atom stereocenters. The predicted octanol–water partition coefficient (Wildman–Crippen LogP) is 4.07. The van der Waals surface area contributed by atoms with Crippen molar-refractivity contribution >= 4 is 34.7 Å². The van der Waals surface area contributed by atoms with Crippen LogP contribution in [0.4, 0.5) is 0 Å². The van der Waals surface area contributed by atoms with Crippen LogP contribution in [0.1, 0.15) is 29.2 Å². The van der Waals surface area contributed by atoms with Crippen LogP contribution in [0.3, 0.4) is 0 Å². The summed E-state index contributed by atoms with van der Waals surface area (Å²) in [7, 11) is 0. The molecule has 6 heteroatoms. The Kier molecular flexibility index (Phi) is 5.21. The van der Waals surface area contributed by atoms with E-state index in [0.29, 0.717) is 0 Å². The predicted molar refractivity (Wildman–Crippen MR) is 83.0 cm³/mol. The summed E-state index contributed by atoms with van der Waals surface area (Å²) in [5.41, 5.74) is 7.32. The molecule has 1 heterocycles. The lowest BCUT2D eigenvalue weighted by atomic mass is 10.0. The van der Waals surface area contributed by atoms with Crippen LogP contribution >= 0.6 is 34.7 Å². The van der Waals surface area contributed by atoms with E-state index < -0.39 is 0 Å². The van der Waals surface area contributed by atoms with Crippen molar-refractivity contribution in [1.82, 2.24) is 10.2 Å². The lowest BCUT2D eigenvalue weighted by Gasteiger charge is -2.22. The largest absolute Gasteiger partial charge is 0.326 e. The topological polar surface area (TPSA) is 51.8 Å². The maximum absolute atomic E-state index is 6.29. The summed E-state index contributed by atoms with van der Waals surface area (Å²) in [5.74, 6) is 0. The highest BCUT2D eigenvalue weighted by Crippen LogP contribution is 2.41. The van der Waals surface area contributed by atoms with E-state index in [9.17, 15) is 0 Å². The van der Waals surface area contributed by atoms with Crippen molar-refractivity contribution in [2.45, 2.75) is 35.9 Å². The van der Waals surface area contributed by atoms with Crippen molar-refractivity contribution in [2.75, 3.05) is 0 Å². The van der Waals surface area contributed by atoms with Gasteiger partial charge in [0.25, 0.3) is 0 Å². The maximum Gasteiger partial charge on any atom is 0.174 e. The van der Waals surface area contributed by atoms with Crippen LogP contribution in [0.2, 0.25) is 5.02 Å². The third-order valence-electron chi connectivity index (χ3n) is 2.81. The molecule has 2 aromatic rings. The molecule has 102 valence electrons. The summed E-state index contributed by atoms with van der Waals surface area (Å²) in [6.07, 6.45) is 0.890. The van der Waals surface area contributed by atoms with Crippen molar-refractivity contribution in [1.29, 1.82) is 0 Å². The molecule has 0 amide bonds. The second kappa shape index (κ2) is 6.70. The van der Waals surface area contributed by atoms with E-state index in [0.717, 1.165) is 26.4 Å². The summed E-state index contributed by atoms with van der Waals surface area (Å²) < 4.78 is 0.936. The minimum Gasteiger partial charge on any atom is -0.326 e. The zero-order valence-electron chi connectivity index (χ0n) is 10.8. The minimum atomic E-state index is 0.0362. The molecule has 0 spiro atoms. The number of aromatic nitrogens is 2. The highest BCUT2D eigenvalue weighted by Gasteiger charge is 2.23. The number of thioether (sulfide) groups is 1. The van der Waals surface area contributed by atoms with Crippen LogP contribution in [0, 0.1) is 6.92 Å². The fraction of sp³-hybridized carbons (Fsp3) is 0.385. The van der Waals surface area contributed by atoms with Crippen LogP contribution in [0.5, 0.6) is 0 Å². The van der Waals surface area contributed by atoms with Gasteiger partial charge in [0, 0.05) is 11.1 Å². The number of hydrogen-bond acceptors (Lipinski definition) is 5. The number of nitrogens with two attached hydrogens (primary N) is 1. The third-order valence-corrected chi connectivity index (χ3v) is 5.46. The first kappa shape index (κ1) is 14.8. The Bertz CT molecular complexity index is 544. The minimum absolute atomic E-state index is 0.0362. The van der Waals surface area contributed by atoms with Gasteiger partial charge in [0.15, 0.2) is 4.34 Å². The molecule has 1 aromatic carbocycles. The fourth-order valence-electron chi connectivity index (χ4n) is 1.74. The number of nitrogens with zero attached hydrogens (tertiary/aromatic N) is 2. The zero-order valence-corrected chi connectivity index (χ0v) is 13.2. The van der Waals surface area contributed by atoms with Gasteiger partial charge in [-0.2, -0.15) is 0 Å². The van der Waals surface area contributed by atoms with Gasteiger partial charge in [-0.25, -0.2) is 0 Å². The summed E-state index contributed by atoms with van der Waals surface area (Å²) >= 11 is 9.52. The first-order chi connectivity index (χ1) is 9.11. The highest BCUT2D eigenvalue weighted by atomic mass is 35.5. The van der Waals surface area contributed by atoms with Crippen LogP contribution < -0.4 is 5.73 Å². The molecule has 0 radical (unpaired) electrons. The molecular weight excluding hydrogens is 298 g/mol. The number of aryl methyl sites for hydroxylation is 1. The fourth-order valence-corrected chi connectivity index (χ4v) is 4.34. The molecule has 0 fully saturated rings. The molecule has 19 heavy (non-hydrogen) atoms. The van der Waals surface area contributed by atoms with E-state index >= 15 is 0 Å². The van der Waals surface area contributed by atoms with E-state index in [1.165, 1.54) is 0 Å². The van der Waals surface area contributed by atoms with Crippen LogP contribution in [-0.2, 0) is 0 Å². The normalized spacial score (nSPS) is 14.3. The number of hydrogen-bond donors (Lipinski definition) is 1. The average molecular weight is 314 g/mol. The quantitative estimate of drug-likeness (QED) is 0.845.